The minimum atomic E-state index is -0.807. The van der Waals surface area contributed by atoms with Gasteiger partial charge in [0, 0.05) is 18.6 Å². The van der Waals surface area contributed by atoms with Crippen LogP contribution in [0.25, 0.3) is 0 Å². The Bertz CT molecular complexity index is 440. The standard InChI is InChI=1S/C15H21NO2/c16-10-14(7-3-9-18-11-14)15(17)8-6-12-4-1-2-5-13(12)15/h1-2,4-5,17H,3,6-11,16H2. The van der Waals surface area contributed by atoms with Crippen molar-refractivity contribution in [2.75, 3.05) is 19.8 Å². The van der Waals surface area contributed by atoms with Crippen molar-refractivity contribution in [2.45, 2.75) is 31.3 Å². The number of fused-ring (bicyclic) bond motifs is 1. The van der Waals surface area contributed by atoms with Crippen LogP contribution >= 0.6 is 0 Å². The fourth-order valence-corrected chi connectivity index (χ4v) is 3.65. The van der Waals surface area contributed by atoms with E-state index in [1.165, 1.54) is 5.56 Å². The van der Waals surface area contributed by atoms with Gasteiger partial charge in [-0.1, -0.05) is 24.3 Å². The number of rotatable bonds is 2. The highest BCUT2D eigenvalue weighted by atomic mass is 16.5. The van der Waals surface area contributed by atoms with E-state index in [1.54, 1.807) is 0 Å². The van der Waals surface area contributed by atoms with E-state index in [-0.39, 0.29) is 5.41 Å². The molecule has 1 fully saturated rings. The van der Waals surface area contributed by atoms with Gasteiger partial charge in [0.1, 0.15) is 0 Å². The molecule has 0 amide bonds. The highest BCUT2D eigenvalue weighted by molar-refractivity contribution is 5.39. The van der Waals surface area contributed by atoms with E-state index in [0.29, 0.717) is 13.2 Å². The first-order valence-electron chi connectivity index (χ1n) is 6.80. The monoisotopic (exact) mass is 247 g/mol. The van der Waals surface area contributed by atoms with E-state index in [1.807, 2.05) is 18.2 Å². The van der Waals surface area contributed by atoms with Gasteiger partial charge in [0.2, 0.25) is 0 Å². The smallest absolute Gasteiger partial charge is 0.0992 e. The Kier molecular flexibility index (Phi) is 2.93. The van der Waals surface area contributed by atoms with Crippen molar-refractivity contribution < 1.29 is 9.84 Å². The number of nitrogens with two attached hydrogens (primary N) is 1. The molecule has 98 valence electrons. The maximum Gasteiger partial charge on any atom is 0.0992 e. The van der Waals surface area contributed by atoms with Gasteiger partial charge in [0.15, 0.2) is 0 Å². The number of benzene rings is 1. The Morgan fingerprint density at radius 1 is 1.28 bits per heavy atom. The van der Waals surface area contributed by atoms with Crippen LogP contribution in [0.15, 0.2) is 24.3 Å². The first-order chi connectivity index (χ1) is 8.72. The molecule has 3 heteroatoms. The molecule has 3 nitrogen and oxygen atoms in total. The zero-order valence-electron chi connectivity index (χ0n) is 10.7. The molecule has 3 N–H and O–H groups in total. The molecule has 1 aromatic carbocycles. The van der Waals surface area contributed by atoms with Crippen molar-refractivity contribution in [3.63, 3.8) is 0 Å². The van der Waals surface area contributed by atoms with Gasteiger partial charge in [-0.25, -0.2) is 0 Å². The van der Waals surface area contributed by atoms with Crippen molar-refractivity contribution in [2.24, 2.45) is 11.1 Å². The van der Waals surface area contributed by atoms with Gasteiger partial charge in [-0.05, 0) is 36.8 Å². The molecule has 1 aromatic rings. The maximum absolute atomic E-state index is 11.3. The van der Waals surface area contributed by atoms with Crippen LogP contribution in [-0.2, 0) is 16.8 Å². The number of ether oxygens (including phenoxy) is 1. The molecule has 0 radical (unpaired) electrons. The summed E-state index contributed by atoms with van der Waals surface area (Å²) < 4.78 is 5.63. The predicted octanol–water partition coefficient (Wildman–Crippen LogP) is 1.58. The topological polar surface area (TPSA) is 55.5 Å². The molecule has 2 atom stereocenters. The van der Waals surface area contributed by atoms with Gasteiger partial charge in [0.25, 0.3) is 0 Å². The molecule has 2 unspecified atom stereocenters. The molecule has 3 rings (SSSR count). The summed E-state index contributed by atoms with van der Waals surface area (Å²) in [7, 11) is 0. The van der Waals surface area contributed by atoms with E-state index in [2.05, 4.69) is 6.07 Å². The maximum atomic E-state index is 11.3. The Morgan fingerprint density at radius 3 is 2.83 bits per heavy atom. The van der Waals surface area contributed by atoms with Crippen LogP contribution in [0.4, 0.5) is 0 Å². The average Bonchev–Trinajstić information content (AvgIpc) is 2.79. The van der Waals surface area contributed by atoms with Gasteiger partial charge in [-0.3, -0.25) is 0 Å². The van der Waals surface area contributed by atoms with Crippen molar-refractivity contribution in [3.05, 3.63) is 35.4 Å². The first kappa shape index (κ1) is 12.2. The Hall–Kier alpha value is -0.900. The van der Waals surface area contributed by atoms with Crippen LogP contribution in [0.5, 0.6) is 0 Å². The Balaban J connectivity index is 2.04. The van der Waals surface area contributed by atoms with E-state index in [0.717, 1.165) is 37.9 Å². The van der Waals surface area contributed by atoms with E-state index in [9.17, 15) is 5.11 Å². The van der Waals surface area contributed by atoms with Gasteiger partial charge in [0.05, 0.1) is 12.2 Å². The van der Waals surface area contributed by atoms with Crippen molar-refractivity contribution >= 4 is 0 Å². The lowest BCUT2D eigenvalue weighted by molar-refractivity contribution is -0.148. The zero-order chi connectivity index (χ0) is 12.6. The molecule has 1 heterocycles. The molecular weight excluding hydrogens is 226 g/mol. The molecule has 0 spiro atoms. The van der Waals surface area contributed by atoms with Crippen LogP contribution in [0.1, 0.15) is 30.4 Å². The van der Waals surface area contributed by atoms with Gasteiger partial charge < -0.3 is 15.6 Å². The Morgan fingerprint density at radius 2 is 2.11 bits per heavy atom. The molecule has 0 aromatic heterocycles. The van der Waals surface area contributed by atoms with Gasteiger partial charge >= 0.3 is 0 Å². The third-order valence-corrected chi connectivity index (χ3v) is 4.81. The molecular formula is C15H21NO2. The van der Waals surface area contributed by atoms with E-state index >= 15 is 0 Å². The summed E-state index contributed by atoms with van der Waals surface area (Å²) in [6.07, 6.45) is 3.65. The SMILES string of the molecule is NCC1(C2(O)CCc3ccccc32)CCCOC1. The second kappa shape index (κ2) is 4.34. The largest absolute Gasteiger partial charge is 0.384 e. The van der Waals surface area contributed by atoms with Crippen LogP contribution in [-0.4, -0.2) is 24.9 Å². The summed E-state index contributed by atoms with van der Waals surface area (Å²) in [6, 6.07) is 8.20. The fourth-order valence-electron chi connectivity index (χ4n) is 3.65. The summed E-state index contributed by atoms with van der Waals surface area (Å²) in [6.45, 7) is 1.85. The molecule has 1 saturated heterocycles. The number of aryl methyl sites for hydroxylation is 1. The lowest BCUT2D eigenvalue weighted by Gasteiger charge is -2.47. The number of hydrogen-bond donors (Lipinski definition) is 2. The normalized spacial score (nSPS) is 35.4. The Labute approximate surface area is 108 Å². The van der Waals surface area contributed by atoms with Crippen LogP contribution in [0.2, 0.25) is 0 Å². The second-order valence-corrected chi connectivity index (χ2v) is 5.66. The highest BCUT2D eigenvalue weighted by Crippen LogP contribution is 2.51. The predicted molar refractivity (Wildman–Crippen MR) is 70.2 cm³/mol. The first-order valence-corrected chi connectivity index (χ1v) is 6.80. The number of hydrogen-bond acceptors (Lipinski definition) is 3. The quantitative estimate of drug-likeness (QED) is 0.834. The molecule has 18 heavy (non-hydrogen) atoms. The molecule has 1 aliphatic heterocycles. The second-order valence-electron chi connectivity index (χ2n) is 5.66. The van der Waals surface area contributed by atoms with Crippen LogP contribution in [0, 0.1) is 5.41 Å². The minimum absolute atomic E-state index is 0.308. The lowest BCUT2D eigenvalue weighted by atomic mass is 9.66. The summed E-state index contributed by atoms with van der Waals surface area (Å²) in [5.74, 6) is 0. The van der Waals surface area contributed by atoms with E-state index < -0.39 is 5.60 Å². The third kappa shape index (κ3) is 1.54. The summed E-state index contributed by atoms with van der Waals surface area (Å²) in [5, 5.41) is 11.3. The fraction of sp³-hybridized carbons (Fsp3) is 0.600. The molecule has 1 aliphatic carbocycles. The highest BCUT2D eigenvalue weighted by Gasteiger charge is 2.54. The molecule has 0 bridgehead atoms. The van der Waals surface area contributed by atoms with Gasteiger partial charge in [-0.15, -0.1) is 0 Å². The average molecular weight is 247 g/mol. The minimum Gasteiger partial charge on any atom is -0.384 e. The number of aliphatic hydroxyl groups is 1. The van der Waals surface area contributed by atoms with Crippen molar-refractivity contribution in [3.8, 4) is 0 Å². The van der Waals surface area contributed by atoms with E-state index in [4.69, 9.17) is 10.5 Å². The lowest BCUT2D eigenvalue weighted by Crippen LogP contribution is -2.54. The molecule has 0 saturated carbocycles. The summed E-state index contributed by atoms with van der Waals surface area (Å²) in [4.78, 5) is 0. The summed E-state index contributed by atoms with van der Waals surface area (Å²) in [5.41, 5.74) is 7.24. The van der Waals surface area contributed by atoms with Crippen LogP contribution in [0.3, 0.4) is 0 Å². The third-order valence-electron chi connectivity index (χ3n) is 4.81. The van der Waals surface area contributed by atoms with Crippen molar-refractivity contribution in [1.82, 2.24) is 0 Å². The van der Waals surface area contributed by atoms with Gasteiger partial charge in [-0.2, -0.15) is 0 Å². The van der Waals surface area contributed by atoms with Crippen molar-refractivity contribution in [1.29, 1.82) is 0 Å². The zero-order valence-corrected chi connectivity index (χ0v) is 10.7. The molecule has 2 aliphatic rings. The summed E-state index contributed by atoms with van der Waals surface area (Å²) >= 11 is 0. The van der Waals surface area contributed by atoms with Crippen LogP contribution < -0.4 is 5.73 Å².